The first-order chi connectivity index (χ1) is 9.15. The maximum Gasteiger partial charge on any atom is 0.0572 e. The summed E-state index contributed by atoms with van der Waals surface area (Å²) in [6.45, 7) is 4.47. The van der Waals surface area contributed by atoms with Crippen LogP contribution in [0.25, 0.3) is 16.5 Å². The Morgan fingerprint density at radius 2 is 2.05 bits per heavy atom. The average Bonchev–Trinajstić information content (AvgIpc) is 2.79. The molecule has 1 aromatic carbocycles. The molecule has 2 nitrogen and oxygen atoms in total. The van der Waals surface area contributed by atoms with Crippen LogP contribution in [0.15, 0.2) is 30.5 Å². The highest BCUT2D eigenvalue weighted by Crippen LogP contribution is 2.40. The van der Waals surface area contributed by atoms with Gasteiger partial charge in [-0.25, -0.2) is 0 Å². The van der Waals surface area contributed by atoms with Crippen molar-refractivity contribution in [2.24, 2.45) is 5.92 Å². The smallest absolute Gasteiger partial charge is 0.0572 e. The Balaban J connectivity index is 2.03. The van der Waals surface area contributed by atoms with Gasteiger partial charge in [0.1, 0.15) is 0 Å². The summed E-state index contributed by atoms with van der Waals surface area (Å²) in [5, 5.41) is 2.04. The second-order valence-corrected chi connectivity index (χ2v) is 6.29. The summed E-state index contributed by atoms with van der Waals surface area (Å²) >= 11 is 6.31. The second-order valence-electron chi connectivity index (χ2n) is 5.88. The molecule has 2 aliphatic heterocycles. The van der Waals surface area contributed by atoms with E-state index >= 15 is 0 Å². The van der Waals surface area contributed by atoms with Gasteiger partial charge in [0.15, 0.2) is 0 Å². The molecule has 2 aliphatic rings. The third-order valence-electron chi connectivity index (χ3n) is 4.48. The lowest BCUT2D eigenvalue weighted by Gasteiger charge is -2.39. The topological polar surface area (TPSA) is 8.17 Å². The zero-order valence-electron chi connectivity index (χ0n) is 11.2. The minimum absolute atomic E-state index is 0.500. The van der Waals surface area contributed by atoms with Crippen LogP contribution in [0.2, 0.25) is 5.02 Å². The molecule has 19 heavy (non-hydrogen) atoms. The second kappa shape index (κ2) is 3.87. The fourth-order valence-electron chi connectivity index (χ4n) is 3.66. The van der Waals surface area contributed by atoms with Gasteiger partial charge in [0.05, 0.1) is 11.6 Å². The molecule has 2 aromatic rings. The molecule has 3 heterocycles. The van der Waals surface area contributed by atoms with Crippen LogP contribution < -0.4 is 0 Å². The summed E-state index contributed by atoms with van der Waals surface area (Å²) in [6.07, 6.45) is 4.62. The van der Waals surface area contributed by atoms with E-state index in [0.717, 1.165) is 18.1 Å². The number of fused-ring (bicyclic) bond motifs is 2. The van der Waals surface area contributed by atoms with Gasteiger partial charge in [-0.15, -0.1) is 0 Å². The van der Waals surface area contributed by atoms with Crippen LogP contribution >= 0.6 is 11.6 Å². The van der Waals surface area contributed by atoms with Crippen molar-refractivity contribution in [3.63, 3.8) is 0 Å². The highest BCUT2D eigenvalue weighted by atomic mass is 35.5. The van der Waals surface area contributed by atoms with E-state index < -0.39 is 0 Å². The van der Waals surface area contributed by atoms with E-state index in [1.807, 2.05) is 6.07 Å². The van der Waals surface area contributed by atoms with Crippen molar-refractivity contribution >= 4 is 28.1 Å². The van der Waals surface area contributed by atoms with Crippen LogP contribution in [0.3, 0.4) is 0 Å². The van der Waals surface area contributed by atoms with Crippen molar-refractivity contribution in [2.45, 2.75) is 19.5 Å². The van der Waals surface area contributed by atoms with Crippen LogP contribution in [0, 0.1) is 5.92 Å². The molecule has 0 fully saturated rings. The standard InChI is InChI=1S/C16H17ClN2/c1-10-7-13-11-3-4-14(17)12-5-6-19(16(11)12)9-15(13)18(2)8-10/h3-7,10,15H,8-9H2,1-2H3/t10-,15-/m0/s1. The Hall–Kier alpha value is -1.25. The van der Waals surface area contributed by atoms with E-state index in [-0.39, 0.29) is 0 Å². The molecular formula is C16H17ClN2. The van der Waals surface area contributed by atoms with E-state index in [0.29, 0.717) is 12.0 Å². The molecule has 2 atom stereocenters. The van der Waals surface area contributed by atoms with Gasteiger partial charge in [0.25, 0.3) is 0 Å². The van der Waals surface area contributed by atoms with Crippen molar-refractivity contribution in [2.75, 3.05) is 13.6 Å². The lowest BCUT2D eigenvalue weighted by atomic mass is 9.86. The maximum atomic E-state index is 6.31. The molecule has 3 heteroatoms. The van der Waals surface area contributed by atoms with Crippen molar-refractivity contribution in [3.05, 3.63) is 41.1 Å². The van der Waals surface area contributed by atoms with Crippen LogP contribution in [0.1, 0.15) is 12.5 Å². The molecule has 0 saturated heterocycles. The van der Waals surface area contributed by atoms with Crippen LogP contribution in [-0.4, -0.2) is 29.1 Å². The summed E-state index contributed by atoms with van der Waals surface area (Å²) < 4.78 is 2.35. The number of nitrogens with zero attached hydrogens (tertiary/aromatic N) is 2. The van der Waals surface area contributed by atoms with Gasteiger partial charge in [-0.3, -0.25) is 4.90 Å². The number of benzene rings is 1. The Kier molecular flexibility index (Phi) is 2.36. The molecular weight excluding hydrogens is 256 g/mol. The lowest BCUT2D eigenvalue weighted by Crippen LogP contribution is -2.43. The zero-order chi connectivity index (χ0) is 13.1. The highest BCUT2D eigenvalue weighted by molar-refractivity contribution is 6.35. The molecule has 98 valence electrons. The van der Waals surface area contributed by atoms with Gasteiger partial charge in [0, 0.05) is 35.3 Å². The van der Waals surface area contributed by atoms with Gasteiger partial charge in [-0.2, -0.15) is 0 Å². The first kappa shape index (κ1) is 11.6. The van der Waals surface area contributed by atoms with Crippen LogP contribution in [0.5, 0.6) is 0 Å². The minimum atomic E-state index is 0.500. The summed E-state index contributed by atoms with van der Waals surface area (Å²) in [5.41, 5.74) is 4.14. The van der Waals surface area contributed by atoms with Crippen molar-refractivity contribution in [1.29, 1.82) is 0 Å². The van der Waals surface area contributed by atoms with Crippen LogP contribution in [0.4, 0.5) is 0 Å². The molecule has 0 aliphatic carbocycles. The number of likely N-dealkylation sites (N-methyl/N-ethyl adjacent to an activating group) is 1. The maximum absolute atomic E-state index is 6.31. The Labute approximate surface area is 118 Å². The van der Waals surface area contributed by atoms with Crippen molar-refractivity contribution < 1.29 is 0 Å². The summed E-state index contributed by atoms with van der Waals surface area (Å²) in [6, 6.07) is 6.86. The largest absolute Gasteiger partial charge is 0.345 e. The van der Waals surface area contributed by atoms with Gasteiger partial charge < -0.3 is 4.57 Å². The molecule has 1 aromatic heterocycles. The fourth-order valence-corrected chi connectivity index (χ4v) is 3.87. The molecule has 0 bridgehead atoms. The van der Waals surface area contributed by atoms with Crippen LogP contribution in [-0.2, 0) is 6.54 Å². The Morgan fingerprint density at radius 3 is 2.89 bits per heavy atom. The molecule has 0 radical (unpaired) electrons. The predicted octanol–water partition coefficient (Wildman–Crippen LogP) is 3.64. The first-order valence-electron chi connectivity index (χ1n) is 6.85. The zero-order valence-corrected chi connectivity index (χ0v) is 12.0. The Bertz CT molecular complexity index is 698. The minimum Gasteiger partial charge on any atom is -0.345 e. The Morgan fingerprint density at radius 1 is 1.21 bits per heavy atom. The number of hydrogen-bond donors (Lipinski definition) is 0. The summed E-state index contributed by atoms with van der Waals surface area (Å²) in [7, 11) is 2.23. The van der Waals surface area contributed by atoms with Gasteiger partial charge >= 0.3 is 0 Å². The average molecular weight is 273 g/mol. The molecule has 0 amide bonds. The van der Waals surface area contributed by atoms with E-state index in [4.69, 9.17) is 11.6 Å². The lowest BCUT2D eigenvalue weighted by molar-refractivity contribution is 0.234. The third kappa shape index (κ3) is 1.53. The molecule has 0 unspecified atom stereocenters. The SMILES string of the molecule is C[C@H]1C=C2c3ccc(Cl)c4ccn(c34)C[C@@H]2N(C)C1. The molecule has 4 rings (SSSR count). The van der Waals surface area contributed by atoms with Gasteiger partial charge in [-0.1, -0.05) is 30.7 Å². The monoisotopic (exact) mass is 272 g/mol. The number of hydrogen-bond acceptors (Lipinski definition) is 1. The third-order valence-corrected chi connectivity index (χ3v) is 4.81. The van der Waals surface area contributed by atoms with Crippen molar-refractivity contribution in [3.8, 4) is 0 Å². The van der Waals surface area contributed by atoms with E-state index in [2.05, 4.69) is 47.8 Å². The van der Waals surface area contributed by atoms with E-state index in [9.17, 15) is 0 Å². The van der Waals surface area contributed by atoms with E-state index in [1.54, 1.807) is 0 Å². The summed E-state index contributed by atoms with van der Waals surface area (Å²) in [5.74, 6) is 0.614. The normalized spacial score (nSPS) is 26.4. The van der Waals surface area contributed by atoms with Gasteiger partial charge in [-0.05, 0) is 30.7 Å². The number of halogens is 1. The quantitative estimate of drug-likeness (QED) is 0.711. The molecule has 0 N–H and O–H groups in total. The van der Waals surface area contributed by atoms with E-state index in [1.165, 1.54) is 22.0 Å². The highest BCUT2D eigenvalue weighted by Gasteiger charge is 2.32. The van der Waals surface area contributed by atoms with Gasteiger partial charge in [0.2, 0.25) is 0 Å². The fraction of sp³-hybridized carbons (Fsp3) is 0.375. The number of rotatable bonds is 0. The predicted molar refractivity (Wildman–Crippen MR) is 80.5 cm³/mol. The first-order valence-corrected chi connectivity index (χ1v) is 7.22. The molecule has 0 spiro atoms. The molecule has 0 saturated carbocycles. The summed E-state index contributed by atoms with van der Waals surface area (Å²) in [4.78, 5) is 2.48. The van der Waals surface area contributed by atoms with Crippen molar-refractivity contribution in [1.82, 2.24) is 9.47 Å². The number of aromatic nitrogens is 1.